The number of rotatable bonds is 8. The molecule has 12 aromatic heterocycles. The van der Waals surface area contributed by atoms with E-state index >= 15 is 0 Å². The van der Waals surface area contributed by atoms with Crippen LogP contribution in [0, 0.1) is 20.8 Å². The molecule has 0 bridgehead atoms. The van der Waals surface area contributed by atoms with Crippen molar-refractivity contribution in [1.82, 2.24) is 150 Å². The Balaban J connectivity index is 0.000000198. The predicted molar refractivity (Wildman–Crippen MR) is 281 cm³/mol. The fourth-order valence-corrected chi connectivity index (χ4v) is 6.64. The molecule has 0 saturated heterocycles. The molecule has 0 radical (unpaired) electrons. The van der Waals surface area contributed by atoms with Crippen molar-refractivity contribution in [2.24, 2.45) is 7.05 Å². The molecule has 12 heterocycles. The van der Waals surface area contributed by atoms with Gasteiger partial charge in [-0.2, -0.15) is 39.5 Å². The second kappa shape index (κ2) is 32.7. The molecule has 0 atom stereocenters. The zero-order valence-electron chi connectivity index (χ0n) is 46.9. The zero-order valence-corrected chi connectivity index (χ0v) is 53.7. The summed E-state index contributed by atoms with van der Waals surface area (Å²) < 4.78 is 115. The number of aryl methyl sites for hydroxylation is 4. The van der Waals surface area contributed by atoms with Crippen LogP contribution < -0.4 is 30.6 Å². The molecule has 13 aromatic rings. The van der Waals surface area contributed by atoms with Gasteiger partial charge in [0.25, 0.3) is 0 Å². The van der Waals surface area contributed by atoms with Crippen LogP contribution >= 0.6 is 0 Å². The standard InChI is InChI=1S/C12H10N5.C9H12N5.3C7H3F3N5.C7H8N5.3Pt/c1-9-14-11(16-15-9)12-13-7-8-17(12)10-5-3-2-4-6-10;1-6(2)14-5-4-10-9(14)8-11-7(3)12-13-8;3*8-7(9,10)6-13-5(14-15-6)4-3-11-1-2-12-4;1-5-9-6(11-10-5)7-8-3-4-12(7)2;;;/h2-8H,1H3;4-6H,1-3H3;3*1-3H;3-4H,1-2H3;;;/q6*-1;3*+2. The van der Waals surface area contributed by atoms with Crippen molar-refractivity contribution in [2.45, 2.75) is 59.2 Å². The Kier molecular flexibility index (Phi) is 25.9. The molecule has 42 heteroatoms. The van der Waals surface area contributed by atoms with Crippen LogP contribution in [0.5, 0.6) is 0 Å². The maximum absolute atomic E-state index is 12.1. The van der Waals surface area contributed by atoms with Crippen LogP contribution in [0.1, 0.15) is 54.8 Å². The van der Waals surface area contributed by atoms with Crippen molar-refractivity contribution in [3.8, 4) is 75.2 Å². The van der Waals surface area contributed by atoms with Crippen LogP contribution in [-0.2, 0) is 88.8 Å². The Morgan fingerprint density at radius 1 is 0.385 bits per heavy atom. The fourth-order valence-electron chi connectivity index (χ4n) is 6.64. The second-order valence-electron chi connectivity index (χ2n) is 17.3. The van der Waals surface area contributed by atoms with Crippen LogP contribution in [-0.4, -0.2) is 119 Å². The van der Waals surface area contributed by atoms with Gasteiger partial charge in [-0.1, -0.05) is 18.2 Å². The molecular formula is C49H39F9N30Pt3. The van der Waals surface area contributed by atoms with E-state index in [9.17, 15) is 39.5 Å². The van der Waals surface area contributed by atoms with E-state index in [1.54, 1.807) is 25.5 Å². The minimum atomic E-state index is -4.59. The molecule has 13 rings (SSSR count). The topological polar surface area (TPSA) is 370 Å². The van der Waals surface area contributed by atoms with Crippen molar-refractivity contribution in [2.75, 3.05) is 0 Å². The summed E-state index contributed by atoms with van der Waals surface area (Å²) in [5.74, 6) is 1.59. The Labute approximate surface area is 548 Å². The smallest absolute Gasteiger partial charge is 0.420 e. The van der Waals surface area contributed by atoms with Crippen LogP contribution in [0.25, 0.3) is 75.2 Å². The molecule has 0 aliphatic heterocycles. The summed E-state index contributed by atoms with van der Waals surface area (Å²) in [7, 11) is 1.90. The summed E-state index contributed by atoms with van der Waals surface area (Å²) in [4.78, 5) is 57.0. The molecule has 0 aliphatic rings. The summed E-state index contributed by atoms with van der Waals surface area (Å²) in [6.45, 7) is 9.62. The molecule has 0 N–H and O–H groups in total. The average molecular weight is 1800 g/mol. The largest absolute Gasteiger partial charge is 2.00 e. The first kappa shape index (κ1) is 72.1. The quantitative estimate of drug-likeness (QED) is 0.166. The van der Waals surface area contributed by atoms with Crippen LogP contribution in [0.4, 0.5) is 39.5 Å². The van der Waals surface area contributed by atoms with Crippen molar-refractivity contribution in [3.63, 3.8) is 0 Å². The van der Waals surface area contributed by atoms with Gasteiger partial charge in [0.15, 0.2) is 0 Å². The van der Waals surface area contributed by atoms with Gasteiger partial charge >= 0.3 is 81.7 Å². The first-order chi connectivity index (χ1) is 42.0. The monoisotopic (exact) mass is 1800 g/mol. The zero-order chi connectivity index (χ0) is 63.0. The molecule has 478 valence electrons. The number of nitrogens with zero attached hydrogens (tertiary/aromatic N) is 30. The number of para-hydroxylation sites is 1. The molecule has 30 nitrogen and oxygen atoms in total. The molecule has 0 aliphatic carbocycles. The molecule has 1 aromatic carbocycles. The molecule has 0 spiro atoms. The third kappa shape index (κ3) is 20.2. The Morgan fingerprint density at radius 3 is 1.07 bits per heavy atom. The van der Waals surface area contributed by atoms with Gasteiger partial charge < -0.3 is 74.2 Å². The summed E-state index contributed by atoms with van der Waals surface area (Å²) in [5.41, 5.74) is 1.49. The molecule has 0 fully saturated rings. The number of hydrogen-bond acceptors (Lipinski definition) is 21. The SMILES string of the molecule is Cc1n[n-]c(-c2nccn2-c2ccccc2)n1.Cc1n[n-]c(-c2nccn2C(C)C)n1.Cc1n[n-]c(-c2nccn2C)n1.FC(F)(F)c1n[n-]c(-c2cnccn2)n1.FC(F)(F)c1n[n-]c(-c2cnccn2)n1.FC(F)(F)c1n[n-]c(-c2cnccn2)n1.[Pt+2].[Pt+2].[Pt+2]. The number of benzene rings is 1. The average Bonchev–Trinajstić information content (AvgIpc) is 1.94. The summed E-state index contributed by atoms with van der Waals surface area (Å²) in [5, 5.41) is 41.9. The molecule has 0 amide bonds. The van der Waals surface area contributed by atoms with Gasteiger partial charge in [0, 0.05) is 128 Å². The number of halogens is 9. The second-order valence-corrected chi connectivity index (χ2v) is 17.3. The normalized spacial score (nSPS) is 10.9. The van der Waals surface area contributed by atoms with Crippen LogP contribution in [0.2, 0.25) is 0 Å². The molecule has 0 unspecified atom stereocenters. The van der Waals surface area contributed by atoms with E-state index in [2.05, 4.69) is 150 Å². The van der Waals surface area contributed by atoms with Gasteiger partial charge in [-0.25, -0.2) is 15.0 Å². The Morgan fingerprint density at radius 2 is 0.736 bits per heavy atom. The van der Waals surface area contributed by atoms with Gasteiger partial charge in [-0.3, -0.25) is 60.5 Å². The summed E-state index contributed by atoms with van der Waals surface area (Å²) >= 11 is 0. The van der Waals surface area contributed by atoms with E-state index in [0.29, 0.717) is 46.8 Å². The van der Waals surface area contributed by atoms with E-state index in [1.165, 1.54) is 55.8 Å². The molecular weight excluding hydrogens is 1760 g/mol. The van der Waals surface area contributed by atoms with Crippen molar-refractivity contribution >= 4 is 0 Å². The van der Waals surface area contributed by atoms with Crippen molar-refractivity contribution in [1.29, 1.82) is 0 Å². The van der Waals surface area contributed by atoms with Crippen molar-refractivity contribution < 1.29 is 103 Å². The van der Waals surface area contributed by atoms with Gasteiger partial charge in [-0.05, 0) is 64.2 Å². The van der Waals surface area contributed by atoms with E-state index < -0.39 is 36.0 Å². The van der Waals surface area contributed by atoms with Crippen LogP contribution in [0.3, 0.4) is 0 Å². The minimum absolute atomic E-state index is 0. The number of imidazole rings is 3. The fraction of sp³-hybridized carbons (Fsp3) is 0.204. The number of aromatic nitrogens is 30. The van der Waals surface area contributed by atoms with Gasteiger partial charge in [-0.15, -0.1) is 0 Å². The first-order valence-electron chi connectivity index (χ1n) is 24.8. The predicted octanol–water partition coefficient (Wildman–Crippen LogP) is 5.65. The van der Waals surface area contributed by atoms with Gasteiger partial charge in [0.2, 0.25) is 0 Å². The van der Waals surface area contributed by atoms with Gasteiger partial charge in [0.1, 0.15) is 34.9 Å². The third-order valence-corrected chi connectivity index (χ3v) is 10.5. The first-order valence-corrected chi connectivity index (χ1v) is 24.8. The molecule has 0 saturated carbocycles. The number of hydrogen-bond donors (Lipinski definition) is 0. The van der Waals surface area contributed by atoms with E-state index in [1.807, 2.05) is 83.5 Å². The maximum Gasteiger partial charge on any atom is 2.00 e. The van der Waals surface area contributed by atoms with E-state index in [4.69, 9.17) is 0 Å². The summed E-state index contributed by atoms with van der Waals surface area (Å²) in [6.07, 6.45) is 9.04. The third-order valence-electron chi connectivity index (χ3n) is 10.5. The Hall–Kier alpha value is -9.64. The van der Waals surface area contributed by atoms with Gasteiger partial charge in [0.05, 0.1) is 35.7 Å². The summed E-state index contributed by atoms with van der Waals surface area (Å²) in [6, 6.07) is 10.3. The Bertz CT molecular complexity index is 3980. The van der Waals surface area contributed by atoms with Crippen molar-refractivity contribution in [3.05, 3.63) is 158 Å². The molecule has 91 heavy (non-hydrogen) atoms. The number of alkyl halides is 9. The minimum Gasteiger partial charge on any atom is -0.420 e. The maximum atomic E-state index is 12.1. The van der Waals surface area contributed by atoms with E-state index in [-0.39, 0.29) is 97.8 Å². The van der Waals surface area contributed by atoms with Crippen LogP contribution in [0.15, 0.2) is 123 Å². The van der Waals surface area contributed by atoms with E-state index in [0.717, 1.165) is 17.3 Å².